The topological polar surface area (TPSA) is 60.7 Å². The quantitative estimate of drug-likeness (QED) is 0.627. The molecule has 1 aromatic carbocycles. The van der Waals surface area contributed by atoms with Gasteiger partial charge < -0.3 is 0 Å². The second-order valence-electron chi connectivity index (χ2n) is 4.36. The fraction of sp³-hybridized carbons (Fsp3) is 0.333. The third-order valence-electron chi connectivity index (χ3n) is 2.83. The number of rotatable bonds is 5. The van der Waals surface area contributed by atoms with E-state index in [0.717, 1.165) is 12.8 Å². The summed E-state index contributed by atoms with van der Waals surface area (Å²) in [5.41, 5.74) is 0.616. The van der Waals surface area contributed by atoms with Crippen LogP contribution in [0.5, 0.6) is 0 Å². The number of aromatic nitrogens is 4. The van der Waals surface area contributed by atoms with Gasteiger partial charge in [0.1, 0.15) is 0 Å². The first-order valence-corrected chi connectivity index (χ1v) is 7.30. The molecule has 0 N–H and O–H groups in total. The summed E-state index contributed by atoms with van der Waals surface area (Å²) < 4.78 is 1.80. The molecular weight excluding hydrogens is 284 g/mol. The van der Waals surface area contributed by atoms with Gasteiger partial charge >= 0.3 is 0 Å². The summed E-state index contributed by atoms with van der Waals surface area (Å²) in [5.74, 6) is 0.339. The fourth-order valence-electron chi connectivity index (χ4n) is 1.70. The molecule has 0 saturated heterocycles. The molecule has 1 aliphatic rings. The normalized spacial score (nSPS) is 14.6. The Hall–Kier alpha value is -1.40. The molecule has 98 valence electrons. The first-order valence-electron chi connectivity index (χ1n) is 5.93. The van der Waals surface area contributed by atoms with Crippen molar-refractivity contribution in [3.8, 4) is 0 Å². The van der Waals surface area contributed by atoms with Gasteiger partial charge in [0, 0.05) is 10.6 Å². The highest BCUT2D eigenvalue weighted by Crippen LogP contribution is 2.36. The summed E-state index contributed by atoms with van der Waals surface area (Å²) in [6.07, 6.45) is 2.22. The van der Waals surface area contributed by atoms with Gasteiger partial charge in [-0.25, -0.2) is 4.68 Å². The van der Waals surface area contributed by atoms with Crippen LogP contribution in [0.4, 0.5) is 0 Å². The van der Waals surface area contributed by atoms with E-state index in [9.17, 15) is 4.79 Å². The average molecular weight is 295 g/mol. The van der Waals surface area contributed by atoms with E-state index in [4.69, 9.17) is 11.6 Å². The van der Waals surface area contributed by atoms with Gasteiger partial charge in [-0.1, -0.05) is 35.5 Å². The van der Waals surface area contributed by atoms with Gasteiger partial charge in [0.05, 0.1) is 11.8 Å². The van der Waals surface area contributed by atoms with Crippen molar-refractivity contribution in [3.63, 3.8) is 0 Å². The van der Waals surface area contributed by atoms with Gasteiger partial charge in [-0.05, 0) is 35.4 Å². The molecule has 19 heavy (non-hydrogen) atoms. The number of hydrogen-bond donors (Lipinski definition) is 0. The van der Waals surface area contributed by atoms with Gasteiger partial charge in [-0.3, -0.25) is 4.79 Å². The van der Waals surface area contributed by atoms with Gasteiger partial charge in [0.25, 0.3) is 0 Å². The van der Waals surface area contributed by atoms with Crippen LogP contribution in [0.25, 0.3) is 0 Å². The smallest absolute Gasteiger partial charge is 0.210 e. The number of Topliss-reactive ketones (excluding diaryl/α,β-unsaturated/α-hetero) is 1. The lowest BCUT2D eigenvalue weighted by Crippen LogP contribution is -2.05. The van der Waals surface area contributed by atoms with Crippen molar-refractivity contribution in [1.82, 2.24) is 20.2 Å². The lowest BCUT2D eigenvalue weighted by atomic mass is 10.1. The monoisotopic (exact) mass is 294 g/mol. The van der Waals surface area contributed by atoms with E-state index in [1.54, 1.807) is 28.9 Å². The highest BCUT2D eigenvalue weighted by atomic mass is 35.5. The van der Waals surface area contributed by atoms with Crippen molar-refractivity contribution in [2.24, 2.45) is 0 Å². The molecule has 1 saturated carbocycles. The fourth-order valence-corrected chi connectivity index (χ4v) is 2.73. The van der Waals surface area contributed by atoms with E-state index in [1.807, 2.05) is 0 Å². The number of carbonyl (C=O) groups is 1. The minimum Gasteiger partial charge on any atom is -0.293 e. The Morgan fingerprint density at radius 1 is 1.47 bits per heavy atom. The van der Waals surface area contributed by atoms with Crippen LogP contribution in [-0.2, 0) is 0 Å². The number of halogens is 1. The summed E-state index contributed by atoms with van der Waals surface area (Å²) >= 11 is 7.23. The Labute approximate surface area is 119 Å². The van der Waals surface area contributed by atoms with Crippen molar-refractivity contribution in [3.05, 3.63) is 34.9 Å². The van der Waals surface area contributed by atoms with Crippen LogP contribution in [-0.4, -0.2) is 31.7 Å². The van der Waals surface area contributed by atoms with E-state index in [2.05, 4.69) is 15.5 Å². The number of hydrogen-bond acceptors (Lipinski definition) is 5. The van der Waals surface area contributed by atoms with Crippen molar-refractivity contribution in [2.45, 2.75) is 24.0 Å². The zero-order chi connectivity index (χ0) is 13.2. The molecule has 1 fully saturated rings. The number of nitrogens with zero attached hydrogens (tertiary/aromatic N) is 4. The maximum absolute atomic E-state index is 12.0. The van der Waals surface area contributed by atoms with E-state index >= 15 is 0 Å². The Morgan fingerprint density at radius 3 is 3.05 bits per heavy atom. The van der Waals surface area contributed by atoms with Crippen molar-refractivity contribution >= 4 is 29.1 Å². The van der Waals surface area contributed by atoms with Crippen LogP contribution >= 0.6 is 23.4 Å². The molecule has 0 aliphatic heterocycles. The van der Waals surface area contributed by atoms with Crippen molar-refractivity contribution in [2.75, 3.05) is 5.75 Å². The van der Waals surface area contributed by atoms with Crippen LogP contribution < -0.4 is 0 Å². The molecule has 1 aliphatic carbocycles. The Morgan fingerprint density at radius 2 is 2.32 bits per heavy atom. The molecular formula is C12H11ClN4OS. The number of carbonyl (C=O) groups excluding carboxylic acids is 1. The third-order valence-corrected chi connectivity index (χ3v) is 4.00. The van der Waals surface area contributed by atoms with Gasteiger partial charge in [-0.2, -0.15) is 0 Å². The highest BCUT2D eigenvalue weighted by molar-refractivity contribution is 7.99. The molecule has 0 unspecified atom stereocenters. The van der Waals surface area contributed by atoms with E-state index in [0.29, 0.717) is 27.5 Å². The number of benzene rings is 1. The number of thioether (sulfide) groups is 1. The Bertz CT molecular complexity index is 611. The van der Waals surface area contributed by atoms with Gasteiger partial charge in [-0.15, -0.1) is 5.10 Å². The first kappa shape index (κ1) is 12.6. The Balaban J connectivity index is 1.65. The third kappa shape index (κ3) is 2.96. The van der Waals surface area contributed by atoms with Crippen molar-refractivity contribution in [1.29, 1.82) is 0 Å². The maximum Gasteiger partial charge on any atom is 0.210 e. The summed E-state index contributed by atoms with van der Waals surface area (Å²) in [4.78, 5) is 12.0. The molecule has 3 rings (SSSR count). The molecule has 7 heteroatoms. The average Bonchev–Trinajstić information content (AvgIpc) is 3.15. The number of tetrazole rings is 1. The molecule has 0 radical (unpaired) electrons. The van der Waals surface area contributed by atoms with Crippen LogP contribution in [0.2, 0.25) is 5.02 Å². The molecule has 5 nitrogen and oxygen atoms in total. The first-order chi connectivity index (χ1) is 9.24. The molecule has 0 spiro atoms. The van der Waals surface area contributed by atoms with Crippen LogP contribution in [0, 0.1) is 0 Å². The molecule has 1 heterocycles. The van der Waals surface area contributed by atoms with Crippen LogP contribution in [0.15, 0.2) is 29.4 Å². The summed E-state index contributed by atoms with van der Waals surface area (Å²) in [7, 11) is 0. The lowest BCUT2D eigenvalue weighted by Gasteiger charge is -2.02. The van der Waals surface area contributed by atoms with Gasteiger partial charge in [0.2, 0.25) is 5.16 Å². The summed E-state index contributed by atoms with van der Waals surface area (Å²) in [5, 5.41) is 12.8. The van der Waals surface area contributed by atoms with E-state index < -0.39 is 0 Å². The van der Waals surface area contributed by atoms with Crippen molar-refractivity contribution < 1.29 is 4.79 Å². The minimum atomic E-state index is 0.0258. The van der Waals surface area contributed by atoms with E-state index in [1.165, 1.54) is 11.8 Å². The van der Waals surface area contributed by atoms with Crippen LogP contribution in [0.1, 0.15) is 29.2 Å². The predicted octanol–water partition coefficient (Wildman–Crippen LogP) is 2.64. The molecule has 0 atom stereocenters. The predicted molar refractivity (Wildman–Crippen MR) is 72.6 cm³/mol. The molecule has 0 bridgehead atoms. The largest absolute Gasteiger partial charge is 0.293 e. The molecule has 0 amide bonds. The van der Waals surface area contributed by atoms with E-state index in [-0.39, 0.29) is 5.78 Å². The zero-order valence-electron chi connectivity index (χ0n) is 9.99. The van der Waals surface area contributed by atoms with Crippen LogP contribution in [0.3, 0.4) is 0 Å². The lowest BCUT2D eigenvalue weighted by molar-refractivity contribution is 0.102. The summed E-state index contributed by atoms with van der Waals surface area (Å²) in [6, 6.07) is 7.37. The standard InChI is InChI=1S/C12H11ClN4OS/c13-9-3-1-2-8(6-9)11(18)7-19-12-14-15-16-17(12)10-4-5-10/h1-3,6,10H,4-5,7H2. The number of ketones is 1. The highest BCUT2D eigenvalue weighted by Gasteiger charge is 2.28. The van der Waals surface area contributed by atoms with Gasteiger partial charge in [0.15, 0.2) is 5.78 Å². The zero-order valence-corrected chi connectivity index (χ0v) is 11.6. The second kappa shape index (κ2) is 5.30. The SMILES string of the molecule is O=C(CSc1nnnn1C1CC1)c1cccc(Cl)c1. The second-order valence-corrected chi connectivity index (χ2v) is 5.74. The molecule has 2 aromatic rings. The maximum atomic E-state index is 12.0. The Kier molecular flexibility index (Phi) is 3.52. The minimum absolute atomic E-state index is 0.0258. The summed E-state index contributed by atoms with van der Waals surface area (Å²) in [6.45, 7) is 0. The molecule has 1 aromatic heterocycles.